The summed E-state index contributed by atoms with van der Waals surface area (Å²) in [5.41, 5.74) is 0. The fraction of sp³-hybridized carbons (Fsp3) is 0.667. The van der Waals surface area contributed by atoms with Gasteiger partial charge in [-0.2, -0.15) is 0 Å². The Hall–Kier alpha value is -0.520. The van der Waals surface area contributed by atoms with Crippen LogP contribution < -0.4 is 0 Å². The Morgan fingerprint density at radius 3 is 2.88 bits per heavy atom. The van der Waals surface area contributed by atoms with Crippen molar-refractivity contribution in [2.24, 2.45) is 0 Å². The number of terminal acetylenes is 1. The average Bonchev–Trinajstić information content (AvgIpc) is 1.68. The van der Waals surface area contributed by atoms with Crippen LogP contribution in [0.15, 0.2) is 0 Å². The molecule has 0 aliphatic rings. The summed E-state index contributed by atoms with van der Waals surface area (Å²) in [6, 6.07) is 0. The fourth-order valence-corrected chi connectivity index (χ4v) is 0.387. The van der Waals surface area contributed by atoms with Crippen molar-refractivity contribution in [2.45, 2.75) is 12.5 Å². The van der Waals surface area contributed by atoms with E-state index in [2.05, 4.69) is 10.7 Å². The molecular weight excluding hydrogens is 104 g/mol. The molecule has 8 heavy (non-hydrogen) atoms. The molecule has 1 atom stereocenters. The lowest BCUT2D eigenvalue weighted by Crippen LogP contribution is -2.12. The van der Waals surface area contributed by atoms with E-state index in [1.807, 2.05) is 0 Å². The first kappa shape index (κ1) is 7.48. The molecule has 0 saturated carbocycles. The molecule has 2 nitrogen and oxygen atoms in total. The molecule has 0 fully saturated rings. The highest BCUT2D eigenvalue weighted by Crippen LogP contribution is 1.87. The summed E-state index contributed by atoms with van der Waals surface area (Å²) in [6.07, 6.45) is 4.77. The van der Waals surface area contributed by atoms with Gasteiger partial charge in [0.1, 0.15) is 0 Å². The van der Waals surface area contributed by atoms with Crippen LogP contribution in [0, 0.1) is 12.3 Å². The SMILES string of the molecule is C#CCC(O)COC. The molecule has 0 bridgehead atoms. The molecule has 0 aromatic heterocycles. The van der Waals surface area contributed by atoms with Gasteiger partial charge in [-0.15, -0.1) is 12.3 Å². The summed E-state index contributed by atoms with van der Waals surface area (Å²) in [5.74, 6) is 2.32. The first-order valence-corrected chi connectivity index (χ1v) is 2.41. The third-order valence-corrected chi connectivity index (χ3v) is 0.713. The number of ether oxygens (including phenoxy) is 1. The Morgan fingerprint density at radius 1 is 1.88 bits per heavy atom. The number of hydrogen-bond donors (Lipinski definition) is 1. The predicted octanol–water partition coefficient (Wildman–Crippen LogP) is 0.0170. The summed E-state index contributed by atoms with van der Waals surface area (Å²) in [5, 5.41) is 8.78. The molecule has 2 heteroatoms. The molecule has 0 aliphatic carbocycles. The number of rotatable bonds is 3. The quantitative estimate of drug-likeness (QED) is 0.524. The van der Waals surface area contributed by atoms with Crippen LogP contribution in [0.2, 0.25) is 0 Å². The fourth-order valence-electron chi connectivity index (χ4n) is 0.387. The standard InChI is InChI=1S/C6H10O2/c1-3-4-6(7)5-8-2/h1,6-7H,4-5H2,2H3. The van der Waals surface area contributed by atoms with E-state index in [9.17, 15) is 0 Å². The minimum Gasteiger partial charge on any atom is -0.390 e. The van der Waals surface area contributed by atoms with Crippen molar-refractivity contribution in [1.82, 2.24) is 0 Å². The summed E-state index contributed by atoms with van der Waals surface area (Å²) in [4.78, 5) is 0. The zero-order valence-corrected chi connectivity index (χ0v) is 4.92. The maximum Gasteiger partial charge on any atom is 0.0882 e. The van der Waals surface area contributed by atoms with Crippen molar-refractivity contribution in [2.75, 3.05) is 13.7 Å². The Kier molecular flexibility index (Phi) is 4.33. The molecule has 0 aromatic rings. The van der Waals surface area contributed by atoms with Crippen molar-refractivity contribution in [3.8, 4) is 12.3 Å². The van der Waals surface area contributed by atoms with Crippen molar-refractivity contribution in [3.05, 3.63) is 0 Å². The van der Waals surface area contributed by atoms with Gasteiger partial charge in [-0.3, -0.25) is 0 Å². The van der Waals surface area contributed by atoms with Crippen molar-refractivity contribution >= 4 is 0 Å². The molecule has 46 valence electrons. The minimum absolute atomic E-state index is 0.324. The van der Waals surface area contributed by atoms with E-state index in [1.165, 1.54) is 7.11 Å². The summed E-state index contributed by atoms with van der Waals surface area (Å²) >= 11 is 0. The normalized spacial score (nSPS) is 12.6. The van der Waals surface area contributed by atoms with Crippen molar-refractivity contribution in [1.29, 1.82) is 0 Å². The van der Waals surface area contributed by atoms with Crippen LogP contribution in [-0.4, -0.2) is 24.9 Å². The maximum absolute atomic E-state index is 8.78. The topological polar surface area (TPSA) is 29.5 Å². The van der Waals surface area contributed by atoms with Crippen molar-refractivity contribution in [3.63, 3.8) is 0 Å². The summed E-state index contributed by atoms with van der Waals surface area (Å²) in [6.45, 7) is 0.324. The largest absolute Gasteiger partial charge is 0.390 e. The first-order chi connectivity index (χ1) is 3.81. The molecule has 0 aromatic carbocycles. The van der Waals surface area contributed by atoms with Crippen LogP contribution in [-0.2, 0) is 4.74 Å². The lowest BCUT2D eigenvalue weighted by molar-refractivity contribution is 0.0680. The summed E-state index contributed by atoms with van der Waals surface area (Å²) in [7, 11) is 1.53. The third kappa shape index (κ3) is 3.66. The molecule has 0 saturated heterocycles. The van der Waals surface area contributed by atoms with Gasteiger partial charge < -0.3 is 9.84 Å². The van der Waals surface area contributed by atoms with Crippen LogP contribution in [0.3, 0.4) is 0 Å². The van der Waals surface area contributed by atoms with Gasteiger partial charge in [0.15, 0.2) is 0 Å². The Bertz CT molecular complexity index is 83.0. The van der Waals surface area contributed by atoms with Gasteiger partial charge in [-0.05, 0) is 0 Å². The molecule has 0 radical (unpaired) electrons. The second-order valence-electron chi connectivity index (χ2n) is 1.52. The number of aliphatic hydroxyl groups excluding tert-OH is 1. The van der Waals surface area contributed by atoms with E-state index in [0.717, 1.165) is 0 Å². The molecule has 0 amide bonds. The van der Waals surface area contributed by atoms with Gasteiger partial charge >= 0.3 is 0 Å². The minimum atomic E-state index is -0.495. The van der Waals surface area contributed by atoms with Gasteiger partial charge in [0.05, 0.1) is 12.7 Å². The molecule has 1 N–H and O–H groups in total. The maximum atomic E-state index is 8.78. The van der Waals surface area contributed by atoms with Gasteiger partial charge in [-0.25, -0.2) is 0 Å². The van der Waals surface area contributed by atoms with Crippen LogP contribution >= 0.6 is 0 Å². The Balaban J connectivity index is 3.08. The highest BCUT2D eigenvalue weighted by molar-refractivity contribution is 4.86. The Labute approximate surface area is 49.5 Å². The van der Waals surface area contributed by atoms with Crippen molar-refractivity contribution < 1.29 is 9.84 Å². The third-order valence-electron chi connectivity index (χ3n) is 0.713. The summed E-state index contributed by atoms with van der Waals surface area (Å²) < 4.78 is 4.61. The molecule has 0 aliphatic heterocycles. The van der Waals surface area contributed by atoms with E-state index >= 15 is 0 Å². The van der Waals surface area contributed by atoms with Crippen LogP contribution in [0.4, 0.5) is 0 Å². The van der Waals surface area contributed by atoms with Gasteiger partial charge in [0.2, 0.25) is 0 Å². The lowest BCUT2D eigenvalue weighted by atomic mass is 10.3. The average molecular weight is 114 g/mol. The smallest absolute Gasteiger partial charge is 0.0882 e. The van der Waals surface area contributed by atoms with Crippen LogP contribution in [0.5, 0.6) is 0 Å². The van der Waals surface area contributed by atoms with E-state index < -0.39 is 6.10 Å². The van der Waals surface area contributed by atoms with Gasteiger partial charge in [-0.1, -0.05) is 0 Å². The number of hydrogen-bond acceptors (Lipinski definition) is 2. The van der Waals surface area contributed by atoms with Crippen LogP contribution in [0.1, 0.15) is 6.42 Å². The van der Waals surface area contributed by atoms with Crippen LogP contribution in [0.25, 0.3) is 0 Å². The zero-order valence-electron chi connectivity index (χ0n) is 4.92. The van der Waals surface area contributed by atoms with E-state index in [-0.39, 0.29) is 0 Å². The molecule has 0 rings (SSSR count). The second kappa shape index (κ2) is 4.63. The Morgan fingerprint density at radius 2 is 2.50 bits per heavy atom. The molecular formula is C6H10O2. The predicted molar refractivity (Wildman–Crippen MR) is 31.3 cm³/mol. The monoisotopic (exact) mass is 114 g/mol. The van der Waals surface area contributed by atoms with E-state index in [1.54, 1.807) is 0 Å². The van der Waals surface area contributed by atoms with Gasteiger partial charge in [0.25, 0.3) is 0 Å². The van der Waals surface area contributed by atoms with E-state index in [0.29, 0.717) is 13.0 Å². The number of aliphatic hydroxyl groups is 1. The van der Waals surface area contributed by atoms with E-state index in [4.69, 9.17) is 11.5 Å². The zero-order chi connectivity index (χ0) is 6.41. The molecule has 1 unspecified atom stereocenters. The highest BCUT2D eigenvalue weighted by atomic mass is 16.5. The number of methoxy groups -OCH3 is 1. The lowest BCUT2D eigenvalue weighted by Gasteiger charge is -2.02. The molecule has 0 spiro atoms. The molecule has 0 heterocycles. The highest BCUT2D eigenvalue weighted by Gasteiger charge is 1.97. The van der Waals surface area contributed by atoms with Gasteiger partial charge in [0, 0.05) is 13.5 Å². The second-order valence-corrected chi connectivity index (χ2v) is 1.52. The first-order valence-electron chi connectivity index (χ1n) is 2.41.